The predicted octanol–water partition coefficient (Wildman–Crippen LogP) is 3.11. The van der Waals surface area contributed by atoms with Crippen LogP contribution >= 0.6 is 0 Å². The number of rotatable bonds is 3. The first-order valence-corrected chi connectivity index (χ1v) is 5.78. The summed E-state index contributed by atoms with van der Waals surface area (Å²) in [5.41, 5.74) is 2.56. The van der Waals surface area contributed by atoms with Gasteiger partial charge in [-0.25, -0.2) is 0 Å². The van der Waals surface area contributed by atoms with Crippen molar-refractivity contribution in [1.29, 1.82) is 0 Å². The van der Waals surface area contributed by atoms with E-state index in [0.29, 0.717) is 5.92 Å². The summed E-state index contributed by atoms with van der Waals surface area (Å²) in [6.45, 7) is 7.22. The quantitative estimate of drug-likeness (QED) is 0.562. The third-order valence-corrected chi connectivity index (χ3v) is 2.52. The van der Waals surface area contributed by atoms with Crippen LogP contribution in [0.25, 0.3) is 0 Å². The van der Waals surface area contributed by atoms with Crippen LogP contribution in [-0.2, 0) is 6.54 Å². The first kappa shape index (κ1) is 12.8. The summed E-state index contributed by atoms with van der Waals surface area (Å²) < 4.78 is 0. The van der Waals surface area contributed by atoms with E-state index < -0.39 is 0 Å². The number of amidine groups is 1. The van der Waals surface area contributed by atoms with Crippen molar-refractivity contribution in [2.24, 2.45) is 10.9 Å². The summed E-state index contributed by atoms with van der Waals surface area (Å²) in [6, 6.07) is 8.56. The second-order valence-corrected chi connectivity index (χ2v) is 4.71. The van der Waals surface area contributed by atoms with Crippen molar-refractivity contribution in [2.75, 3.05) is 14.1 Å². The van der Waals surface area contributed by atoms with Crippen molar-refractivity contribution in [2.45, 2.75) is 27.3 Å². The van der Waals surface area contributed by atoms with Crippen molar-refractivity contribution in [3.63, 3.8) is 0 Å². The van der Waals surface area contributed by atoms with Gasteiger partial charge >= 0.3 is 0 Å². The average Bonchev–Trinajstić information content (AvgIpc) is 2.20. The predicted molar refractivity (Wildman–Crippen MR) is 70.8 cm³/mol. The zero-order valence-electron chi connectivity index (χ0n) is 11.0. The summed E-state index contributed by atoms with van der Waals surface area (Å²) in [5.74, 6) is 1.63. The second-order valence-electron chi connectivity index (χ2n) is 4.71. The topological polar surface area (TPSA) is 15.6 Å². The van der Waals surface area contributed by atoms with Gasteiger partial charge in [0, 0.05) is 20.0 Å². The van der Waals surface area contributed by atoms with Crippen molar-refractivity contribution in [1.82, 2.24) is 4.90 Å². The standard InChI is InChI=1S/C14H22N2/c1-11(2)14(16(4)5)15-10-13-8-6-12(3)7-9-13/h6-9,11H,10H2,1-5H3. The van der Waals surface area contributed by atoms with E-state index in [9.17, 15) is 0 Å². The maximum Gasteiger partial charge on any atom is 0.101 e. The molecule has 0 atom stereocenters. The first-order chi connectivity index (χ1) is 7.50. The Morgan fingerprint density at radius 2 is 1.75 bits per heavy atom. The van der Waals surface area contributed by atoms with Crippen LogP contribution in [0.3, 0.4) is 0 Å². The molecule has 0 aliphatic rings. The van der Waals surface area contributed by atoms with Crippen LogP contribution in [0, 0.1) is 12.8 Å². The molecular weight excluding hydrogens is 196 g/mol. The molecule has 0 saturated heterocycles. The number of aryl methyl sites for hydroxylation is 1. The SMILES string of the molecule is Cc1ccc(CN=C(C(C)C)N(C)C)cc1. The normalized spacial score (nSPS) is 12.0. The lowest BCUT2D eigenvalue weighted by Crippen LogP contribution is -2.27. The molecule has 2 nitrogen and oxygen atoms in total. The van der Waals surface area contributed by atoms with Gasteiger partial charge in [0.1, 0.15) is 5.84 Å². The van der Waals surface area contributed by atoms with Gasteiger partial charge in [-0.2, -0.15) is 0 Å². The maximum absolute atomic E-state index is 4.67. The van der Waals surface area contributed by atoms with Crippen LogP contribution in [0.15, 0.2) is 29.3 Å². The maximum atomic E-state index is 4.67. The molecule has 0 saturated carbocycles. The Morgan fingerprint density at radius 3 is 2.19 bits per heavy atom. The number of hydrogen-bond acceptors (Lipinski definition) is 1. The van der Waals surface area contributed by atoms with Crippen LogP contribution in [0.4, 0.5) is 0 Å². The van der Waals surface area contributed by atoms with E-state index in [4.69, 9.17) is 0 Å². The van der Waals surface area contributed by atoms with Crippen molar-refractivity contribution in [3.8, 4) is 0 Å². The van der Waals surface area contributed by atoms with Gasteiger partial charge in [-0.1, -0.05) is 43.7 Å². The van der Waals surface area contributed by atoms with Gasteiger partial charge in [-0.05, 0) is 12.5 Å². The summed E-state index contributed by atoms with van der Waals surface area (Å²) in [4.78, 5) is 6.76. The van der Waals surface area contributed by atoms with E-state index in [1.807, 2.05) is 14.1 Å². The molecule has 1 aromatic rings. The molecule has 88 valence electrons. The molecule has 0 bridgehead atoms. The lowest BCUT2D eigenvalue weighted by molar-refractivity contribution is 0.569. The Balaban J connectivity index is 2.73. The number of hydrogen-bond donors (Lipinski definition) is 0. The van der Waals surface area contributed by atoms with Gasteiger partial charge in [0.15, 0.2) is 0 Å². The number of aliphatic imine (C=N–C) groups is 1. The Kier molecular flexibility index (Phi) is 4.53. The molecule has 0 fully saturated rings. The Morgan fingerprint density at radius 1 is 1.19 bits per heavy atom. The van der Waals surface area contributed by atoms with E-state index in [1.165, 1.54) is 11.1 Å². The molecule has 2 heteroatoms. The van der Waals surface area contributed by atoms with E-state index in [1.54, 1.807) is 0 Å². The van der Waals surface area contributed by atoms with E-state index in [-0.39, 0.29) is 0 Å². The fourth-order valence-corrected chi connectivity index (χ4v) is 1.71. The lowest BCUT2D eigenvalue weighted by atomic mass is 10.1. The van der Waals surface area contributed by atoms with Crippen molar-refractivity contribution in [3.05, 3.63) is 35.4 Å². The molecule has 0 aliphatic heterocycles. The molecule has 0 spiro atoms. The third-order valence-electron chi connectivity index (χ3n) is 2.52. The number of benzene rings is 1. The minimum atomic E-state index is 0.473. The lowest BCUT2D eigenvalue weighted by Gasteiger charge is -2.19. The fraction of sp³-hybridized carbons (Fsp3) is 0.500. The zero-order chi connectivity index (χ0) is 12.1. The van der Waals surface area contributed by atoms with Gasteiger partial charge in [-0.3, -0.25) is 4.99 Å². The summed E-state index contributed by atoms with van der Waals surface area (Å²) in [6.07, 6.45) is 0. The van der Waals surface area contributed by atoms with E-state index in [0.717, 1.165) is 12.4 Å². The fourth-order valence-electron chi connectivity index (χ4n) is 1.71. The van der Waals surface area contributed by atoms with Crippen LogP contribution in [0.2, 0.25) is 0 Å². The van der Waals surface area contributed by atoms with Crippen LogP contribution in [0.1, 0.15) is 25.0 Å². The molecule has 0 radical (unpaired) electrons. The minimum absolute atomic E-state index is 0.473. The monoisotopic (exact) mass is 218 g/mol. The Bertz CT molecular complexity index is 338. The second kappa shape index (κ2) is 5.69. The first-order valence-electron chi connectivity index (χ1n) is 5.78. The highest BCUT2D eigenvalue weighted by atomic mass is 15.1. The molecular formula is C14H22N2. The smallest absolute Gasteiger partial charge is 0.101 e. The Hall–Kier alpha value is -1.31. The molecule has 0 heterocycles. The van der Waals surface area contributed by atoms with Crippen LogP contribution in [-0.4, -0.2) is 24.8 Å². The molecule has 0 aromatic heterocycles. The van der Waals surface area contributed by atoms with Gasteiger partial charge < -0.3 is 4.90 Å². The highest BCUT2D eigenvalue weighted by molar-refractivity contribution is 5.83. The Labute approximate surface area is 99.0 Å². The molecule has 0 aliphatic carbocycles. The largest absolute Gasteiger partial charge is 0.366 e. The molecule has 1 aromatic carbocycles. The average molecular weight is 218 g/mol. The molecule has 0 N–H and O–H groups in total. The molecule has 0 amide bonds. The zero-order valence-corrected chi connectivity index (χ0v) is 11.0. The van der Waals surface area contributed by atoms with Gasteiger partial charge in [0.2, 0.25) is 0 Å². The molecule has 16 heavy (non-hydrogen) atoms. The van der Waals surface area contributed by atoms with Crippen LogP contribution < -0.4 is 0 Å². The highest BCUT2D eigenvalue weighted by Crippen LogP contribution is 2.07. The van der Waals surface area contributed by atoms with Gasteiger partial charge in [0.25, 0.3) is 0 Å². The molecule has 0 unspecified atom stereocenters. The number of nitrogens with zero attached hydrogens (tertiary/aromatic N) is 2. The van der Waals surface area contributed by atoms with Crippen molar-refractivity contribution < 1.29 is 0 Å². The molecule has 1 rings (SSSR count). The third kappa shape index (κ3) is 3.69. The van der Waals surface area contributed by atoms with E-state index in [2.05, 4.69) is 54.9 Å². The van der Waals surface area contributed by atoms with Gasteiger partial charge in [0.05, 0.1) is 6.54 Å². The minimum Gasteiger partial charge on any atom is -0.366 e. The van der Waals surface area contributed by atoms with Crippen LogP contribution in [0.5, 0.6) is 0 Å². The van der Waals surface area contributed by atoms with E-state index >= 15 is 0 Å². The van der Waals surface area contributed by atoms with Gasteiger partial charge in [-0.15, -0.1) is 0 Å². The summed E-state index contributed by atoms with van der Waals surface area (Å²) >= 11 is 0. The summed E-state index contributed by atoms with van der Waals surface area (Å²) in [5, 5.41) is 0. The highest BCUT2D eigenvalue weighted by Gasteiger charge is 2.06. The van der Waals surface area contributed by atoms with Crippen molar-refractivity contribution >= 4 is 5.84 Å². The summed E-state index contributed by atoms with van der Waals surface area (Å²) in [7, 11) is 4.10.